The van der Waals surface area contributed by atoms with Crippen LogP contribution in [0.3, 0.4) is 0 Å². The third kappa shape index (κ3) is 8.21. The Morgan fingerprint density at radius 1 is 1.18 bits per heavy atom. The molecule has 1 atom stereocenters. The van der Waals surface area contributed by atoms with E-state index >= 15 is 0 Å². The highest BCUT2D eigenvalue weighted by Gasteiger charge is 2.33. The van der Waals surface area contributed by atoms with Crippen molar-refractivity contribution in [1.29, 1.82) is 0 Å². The lowest BCUT2D eigenvalue weighted by atomic mass is 10.1. The van der Waals surface area contributed by atoms with E-state index < -0.39 is 32.1 Å². The second kappa shape index (κ2) is 13.8. The number of methoxy groups -OCH3 is 1. The fourth-order valence-electron chi connectivity index (χ4n) is 3.88. The zero-order valence-electron chi connectivity index (χ0n) is 23.6. The number of hydrogen-bond donors (Lipinski definition) is 0. The Hall–Kier alpha value is -2.08. The SMILES string of the molecule is COC(=O)c1nc(C(OC(=O)N(C(C)C)C(C)C)c2ccc(F)c(Cl)c2)n(COCC[Si](C)(C)C)c1SC. The first-order valence-corrected chi connectivity index (χ1v) is 17.8. The fraction of sp³-hybridized carbons (Fsp3) is 0.577. The van der Waals surface area contributed by atoms with Gasteiger partial charge in [0, 0.05) is 32.3 Å². The number of aromatic nitrogens is 2. The van der Waals surface area contributed by atoms with Gasteiger partial charge in [0.1, 0.15) is 17.6 Å². The van der Waals surface area contributed by atoms with Crippen LogP contribution in [0.2, 0.25) is 30.7 Å². The number of halogens is 2. The summed E-state index contributed by atoms with van der Waals surface area (Å²) in [5, 5.41) is 0.370. The van der Waals surface area contributed by atoms with Crippen LogP contribution < -0.4 is 0 Å². The standard InChI is InChI=1S/C26H39ClFN3O5SSi/c1-16(2)31(17(3)4)26(33)36-22(18-10-11-20(28)19(27)14-18)23-29-21(25(32)34-5)24(37-6)30(23)15-35-12-13-38(7,8)9/h10-11,14,16-17,22H,12-13,15H2,1-9H3. The van der Waals surface area contributed by atoms with Crippen molar-refractivity contribution in [3.05, 3.63) is 46.1 Å². The van der Waals surface area contributed by atoms with Crippen molar-refractivity contribution in [1.82, 2.24) is 14.5 Å². The highest BCUT2D eigenvalue weighted by atomic mass is 35.5. The first kappa shape index (κ1) is 32.1. The van der Waals surface area contributed by atoms with Crippen LogP contribution in [0.15, 0.2) is 23.2 Å². The number of thioether (sulfide) groups is 1. The van der Waals surface area contributed by atoms with E-state index in [0.717, 1.165) is 6.04 Å². The number of amides is 1. The van der Waals surface area contributed by atoms with Gasteiger partial charge < -0.3 is 19.1 Å². The monoisotopic (exact) mass is 587 g/mol. The third-order valence-corrected chi connectivity index (χ3v) is 8.56. The minimum atomic E-state index is -1.35. The molecule has 0 fully saturated rings. The zero-order valence-corrected chi connectivity index (χ0v) is 26.2. The summed E-state index contributed by atoms with van der Waals surface area (Å²) >= 11 is 7.41. The van der Waals surface area contributed by atoms with Crippen LogP contribution in [0, 0.1) is 5.82 Å². The maximum atomic E-state index is 14.1. The minimum Gasteiger partial charge on any atom is -0.464 e. The largest absolute Gasteiger partial charge is 0.464 e. The van der Waals surface area contributed by atoms with Gasteiger partial charge in [0.05, 0.1) is 12.1 Å². The van der Waals surface area contributed by atoms with E-state index in [1.54, 1.807) is 15.7 Å². The first-order chi connectivity index (χ1) is 17.7. The van der Waals surface area contributed by atoms with Crippen LogP contribution in [0.5, 0.6) is 0 Å². The average Bonchev–Trinajstić information content (AvgIpc) is 3.18. The number of rotatable bonds is 12. The summed E-state index contributed by atoms with van der Waals surface area (Å²) in [6.45, 7) is 14.9. The van der Waals surface area contributed by atoms with E-state index in [4.69, 9.17) is 25.8 Å². The molecule has 0 N–H and O–H groups in total. The number of ether oxygens (including phenoxy) is 3. The number of benzene rings is 1. The van der Waals surface area contributed by atoms with E-state index in [9.17, 15) is 14.0 Å². The number of carbonyl (C=O) groups excluding carboxylic acids is 2. The Morgan fingerprint density at radius 3 is 2.32 bits per heavy atom. The molecule has 0 saturated carbocycles. The van der Waals surface area contributed by atoms with Gasteiger partial charge in [-0.1, -0.05) is 37.3 Å². The molecule has 0 spiro atoms. The molecule has 212 valence electrons. The summed E-state index contributed by atoms with van der Waals surface area (Å²) in [5.74, 6) is -1.000. The van der Waals surface area contributed by atoms with E-state index in [2.05, 4.69) is 24.6 Å². The number of esters is 1. The van der Waals surface area contributed by atoms with Crippen molar-refractivity contribution in [2.45, 2.75) is 83.3 Å². The maximum Gasteiger partial charge on any atom is 0.411 e. The number of nitrogens with zero attached hydrogens (tertiary/aromatic N) is 3. The van der Waals surface area contributed by atoms with Gasteiger partial charge in [-0.15, -0.1) is 11.8 Å². The molecule has 0 saturated heterocycles. The van der Waals surface area contributed by atoms with Crippen LogP contribution >= 0.6 is 23.4 Å². The van der Waals surface area contributed by atoms with Crippen molar-refractivity contribution in [2.75, 3.05) is 20.0 Å². The van der Waals surface area contributed by atoms with E-state index in [-0.39, 0.29) is 35.4 Å². The lowest BCUT2D eigenvalue weighted by Crippen LogP contribution is -2.43. The number of imidazole rings is 1. The van der Waals surface area contributed by atoms with Crippen molar-refractivity contribution < 1.29 is 28.2 Å². The lowest BCUT2D eigenvalue weighted by Gasteiger charge is -2.31. The molecule has 38 heavy (non-hydrogen) atoms. The summed E-state index contributed by atoms with van der Waals surface area (Å²) in [7, 11) is -0.0720. The average molecular weight is 588 g/mol. The molecule has 8 nitrogen and oxygen atoms in total. The van der Waals surface area contributed by atoms with Gasteiger partial charge in [0.15, 0.2) is 17.6 Å². The summed E-state index contributed by atoms with van der Waals surface area (Å²) in [4.78, 5) is 32.2. The molecule has 1 amide bonds. The summed E-state index contributed by atoms with van der Waals surface area (Å²) in [6.07, 6.45) is 0.117. The second-order valence-electron chi connectivity index (χ2n) is 10.6. The zero-order chi connectivity index (χ0) is 28.8. The first-order valence-electron chi connectivity index (χ1n) is 12.5. The highest BCUT2D eigenvalue weighted by Crippen LogP contribution is 2.34. The van der Waals surface area contributed by atoms with E-state index in [0.29, 0.717) is 17.2 Å². The number of hydrogen-bond acceptors (Lipinski definition) is 7. The quantitative estimate of drug-likeness (QED) is 0.116. The Balaban J connectivity index is 2.67. The Labute approximate surface area is 235 Å². The molecule has 0 aliphatic carbocycles. The van der Waals surface area contributed by atoms with E-state index in [1.165, 1.54) is 37.1 Å². The molecular weight excluding hydrogens is 549 g/mol. The predicted molar refractivity (Wildman–Crippen MR) is 151 cm³/mol. The normalized spacial score (nSPS) is 12.7. The summed E-state index contributed by atoms with van der Waals surface area (Å²) in [6, 6.07) is 4.74. The molecule has 0 aliphatic heterocycles. The van der Waals surface area contributed by atoms with Gasteiger partial charge in [-0.3, -0.25) is 4.57 Å². The predicted octanol–water partition coefficient (Wildman–Crippen LogP) is 6.84. The molecule has 0 bridgehead atoms. The molecular formula is C26H39ClFN3O5SSi. The molecule has 1 aromatic heterocycles. The van der Waals surface area contributed by atoms with Crippen LogP contribution in [-0.2, 0) is 20.9 Å². The lowest BCUT2D eigenvalue weighted by molar-refractivity contribution is 0.0441. The van der Waals surface area contributed by atoms with Crippen LogP contribution in [-0.4, -0.2) is 66.6 Å². The van der Waals surface area contributed by atoms with Crippen molar-refractivity contribution >= 4 is 43.5 Å². The van der Waals surface area contributed by atoms with Gasteiger partial charge in [-0.25, -0.2) is 19.0 Å². The van der Waals surface area contributed by atoms with Crippen LogP contribution in [0.1, 0.15) is 55.7 Å². The molecule has 1 heterocycles. The van der Waals surface area contributed by atoms with E-state index in [1.807, 2.05) is 27.7 Å². The van der Waals surface area contributed by atoms with Crippen LogP contribution in [0.25, 0.3) is 0 Å². The smallest absolute Gasteiger partial charge is 0.411 e. The summed E-state index contributed by atoms with van der Waals surface area (Å²) < 4.78 is 32.8. The van der Waals surface area contributed by atoms with Gasteiger partial charge in [-0.2, -0.15) is 0 Å². The molecule has 12 heteroatoms. The molecule has 0 aliphatic rings. The fourth-order valence-corrected chi connectivity index (χ4v) is 5.51. The Morgan fingerprint density at radius 2 is 1.82 bits per heavy atom. The maximum absolute atomic E-state index is 14.1. The van der Waals surface area contributed by atoms with Crippen molar-refractivity contribution in [2.24, 2.45) is 0 Å². The number of carbonyl (C=O) groups is 2. The molecule has 2 rings (SSSR count). The molecule has 1 aromatic carbocycles. The summed E-state index contributed by atoms with van der Waals surface area (Å²) in [5.41, 5.74) is 0.470. The minimum absolute atomic E-state index is 0.0705. The van der Waals surface area contributed by atoms with Gasteiger partial charge in [-0.05, 0) is 52.1 Å². The second-order valence-corrected chi connectivity index (χ2v) is 17.5. The third-order valence-electron chi connectivity index (χ3n) is 5.76. The Bertz CT molecular complexity index is 1120. The highest BCUT2D eigenvalue weighted by molar-refractivity contribution is 7.98. The molecule has 2 aromatic rings. The van der Waals surface area contributed by atoms with Gasteiger partial charge >= 0.3 is 12.1 Å². The molecule has 0 radical (unpaired) electrons. The Kier molecular flexibility index (Phi) is 11.7. The topological polar surface area (TPSA) is 82.9 Å². The van der Waals surface area contributed by atoms with Crippen molar-refractivity contribution in [3.63, 3.8) is 0 Å². The van der Waals surface area contributed by atoms with Gasteiger partial charge in [0.2, 0.25) is 0 Å². The van der Waals surface area contributed by atoms with Crippen molar-refractivity contribution in [3.8, 4) is 0 Å². The van der Waals surface area contributed by atoms with Crippen LogP contribution in [0.4, 0.5) is 9.18 Å². The molecule has 1 unspecified atom stereocenters. The van der Waals surface area contributed by atoms with Gasteiger partial charge in [0.25, 0.3) is 0 Å².